The lowest BCUT2D eigenvalue weighted by Gasteiger charge is -1.93. The number of rotatable bonds is 1. The molecule has 3 aromatic rings. The molecule has 0 amide bonds. The maximum absolute atomic E-state index is 6.12. The Labute approximate surface area is 108 Å². The van der Waals surface area contributed by atoms with E-state index in [1.807, 2.05) is 25.1 Å². The fraction of sp³-hybridized carbons (Fsp3) is 0.0769. The van der Waals surface area contributed by atoms with Crippen LogP contribution in [0.15, 0.2) is 36.4 Å². The molecule has 3 rings (SSSR count). The van der Waals surface area contributed by atoms with Gasteiger partial charge in [-0.3, -0.25) is 0 Å². The zero-order chi connectivity index (χ0) is 11.8. The van der Waals surface area contributed by atoms with Crippen LogP contribution in [-0.2, 0) is 0 Å². The molecule has 17 heavy (non-hydrogen) atoms. The smallest absolute Gasteiger partial charge is 0.141 e. The Morgan fingerprint density at radius 3 is 2.65 bits per heavy atom. The number of halogens is 1. The number of hydrogen-bond acceptors (Lipinski definition) is 3. The lowest BCUT2D eigenvalue weighted by atomic mass is 10.2. The molecule has 84 valence electrons. The number of thiophene rings is 1. The monoisotopic (exact) mass is 260 g/mol. The van der Waals surface area contributed by atoms with Gasteiger partial charge in [0.1, 0.15) is 15.8 Å². The molecule has 4 heteroatoms. The molecule has 0 atom stereocenters. The minimum atomic E-state index is 0.533. The summed E-state index contributed by atoms with van der Waals surface area (Å²) < 4.78 is 0. The fourth-order valence-corrected chi connectivity index (χ4v) is 3.14. The molecule has 0 bridgehead atoms. The van der Waals surface area contributed by atoms with Gasteiger partial charge in [-0.2, -0.15) is 0 Å². The van der Waals surface area contributed by atoms with Gasteiger partial charge in [0, 0.05) is 10.3 Å². The van der Waals surface area contributed by atoms with E-state index in [0.29, 0.717) is 11.0 Å². The summed E-state index contributed by atoms with van der Waals surface area (Å²) in [5.41, 5.74) is 1.18. The first kappa shape index (κ1) is 10.7. The molecule has 0 aliphatic heterocycles. The van der Waals surface area contributed by atoms with Crippen LogP contribution in [0.2, 0.25) is 5.15 Å². The molecule has 0 saturated carbocycles. The van der Waals surface area contributed by atoms with Crippen molar-refractivity contribution in [2.24, 2.45) is 0 Å². The van der Waals surface area contributed by atoms with Gasteiger partial charge in [0.05, 0.1) is 0 Å². The van der Waals surface area contributed by atoms with E-state index in [1.54, 1.807) is 11.3 Å². The van der Waals surface area contributed by atoms with Gasteiger partial charge in [-0.15, -0.1) is 11.3 Å². The van der Waals surface area contributed by atoms with E-state index in [1.165, 1.54) is 10.4 Å². The van der Waals surface area contributed by atoms with Gasteiger partial charge < -0.3 is 0 Å². The second kappa shape index (κ2) is 4.09. The van der Waals surface area contributed by atoms with Gasteiger partial charge in [-0.05, 0) is 18.6 Å². The number of nitrogens with zero attached hydrogens (tertiary/aromatic N) is 2. The molecule has 2 nitrogen and oxygen atoms in total. The molecule has 2 aromatic heterocycles. The Kier molecular flexibility index (Phi) is 2.57. The molecular weight excluding hydrogens is 252 g/mol. The summed E-state index contributed by atoms with van der Waals surface area (Å²) in [6, 6.07) is 12.3. The van der Waals surface area contributed by atoms with Crippen molar-refractivity contribution in [1.82, 2.24) is 9.97 Å². The summed E-state index contributed by atoms with van der Waals surface area (Å²) >= 11 is 7.76. The van der Waals surface area contributed by atoms with Crippen LogP contribution < -0.4 is 0 Å². The molecule has 0 radical (unpaired) electrons. The minimum absolute atomic E-state index is 0.533. The largest absolute Gasteiger partial charge is 0.222 e. The minimum Gasteiger partial charge on any atom is -0.222 e. The molecule has 0 spiro atoms. The quantitative estimate of drug-likeness (QED) is 0.609. The molecular formula is C13H9ClN2S. The van der Waals surface area contributed by atoms with E-state index in [2.05, 4.69) is 28.2 Å². The molecule has 1 aromatic carbocycles. The summed E-state index contributed by atoms with van der Waals surface area (Å²) in [7, 11) is 0. The van der Waals surface area contributed by atoms with E-state index in [4.69, 9.17) is 11.6 Å². The average molecular weight is 261 g/mol. The predicted octanol–water partition coefficient (Wildman–Crippen LogP) is 4.32. The van der Waals surface area contributed by atoms with Gasteiger partial charge in [0.15, 0.2) is 0 Å². The van der Waals surface area contributed by atoms with Crippen LogP contribution in [0.5, 0.6) is 0 Å². The van der Waals surface area contributed by atoms with E-state index in [9.17, 15) is 0 Å². The van der Waals surface area contributed by atoms with E-state index >= 15 is 0 Å². The van der Waals surface area contributed by atoms with Crippen molar-refractivity contribution in [3.63, 3.8) is 0 Å². The highest BCUT2D eigenvalue weighted by Crippen LogP contribution is 2.34. The highest BCUT2D eigenvalue weighted by atomic mass is 35.5. The van der Waals surface area contributed by atoms with Crippen molar-refractivity contribution in [2.45, 2.75) is 6.92 Å². The Hall–Kier alpha value is -1.45. The van der Waals surface area contributed by atoms with Crippen LogP contribution in [0, 0.1) is 6.92 Å². The number of fused-ring (bicyclic) bond motifs is 1. The van der Waals surface area contributed by atoms with Crippen molar-refractivity contribution in [3.05, 3.63) is 47.4 Å². The first-order chi connectivity index (χ1) is 8.24. The molecule has 0 saturated heterocycles. The van der Waals surface area contributed by atoms with E-state index in [0.717, 1.165) is 10.2 Å². The summed E-state index contributed by atoms with van der Waals surface area (Å²) in [4.78, 5) is 10.7. The molecule has 0 aliphatic carbocycles. The van der Waals surface area contributed by atoms with Crippen molar-refractivity contribution < 1.29 is 0 Å². The maximum atomic E-state index is 6.12. The van der Waals surface area contributed by atoms with Crippen molar-refractivity contribution in [3.8, 4) is 10.4 Å². The Morgan fingerprint density at radius 1 is 1.12 bits per heavy atom. The third-order valence-electron chi connectivity index (χ3n) is 2.52. The topological polar surface area (TPSA) is 25.8 Å². The van der Waals surface area contributed by atoms with Crippen LogP contribution >= 0.6 is 22.9 Å². The van der Waals surface area contributed by atoms with E-state index in [-0.39, 0.29) is 0 Å². The highest BCUT2D eigenvalue weighted by molar-refractivity contribution is 7.21. The molecule has 0 aliphatic rings. The predicted molar refractivity (Wildman–Crippen MR) is 72.6 cm³/mol. The van der Waals surface area contributed by atoms with Crippen LogP contribution in [0.25, 0.3) is 20.7 Å². The lowest BCUT2D eigenvalue weighted by Crippen LogP contribution is -1.86. The SMILES string of the molecule is Cc1nc(Cl)c2cc(-c3ccccc3)sc2n1. The molecule has 0 fully saturated rings. The van der Waals surface area contributed by atoms with Crippen molar-refractivity contribution >= 4 is 33.2 Å². The first-order valence-corrected chi connectivity index (χ1v) is 6.42. The van der Waals surface area contributed by atoms with Crippen LogP contribution in [0.4, 0.5) is 0 Å². The Morgan fingerprint density at radius 2 is 1.88 bits per heavy atom. The summed E-state index contributed by atoms with van der Waals surface area (Å²) in [6.07, 6.45) is 0. The zero-order valence-corrected chi connectivity index (χ0v) is 10.7. The standard InChI is InChI=1S/C13H9ClN2S/c1-8-15-12(14)10-7-11(17-13(10)16-8)9-5-3-2-4-6-9/h2-7H,1H3. The zero-order valence-electron chi connectivity index (χ0n) is 9.14. The van der Waals surface area contributed by atoms with Crippen LogP contribution in [0.1, 0.15) is 5.82 Å². The van der Waals surface area contributed by atoms with Gasteiger partial charge in [-0.1, -0.05) is 41.9 Å². The number of aromatic nitrogens is 2. The summed E-state index contributed by atoms with van der Waals surface area (Å²) in [6.45, 7) is 1.85. The van der Waals surface area contributed by atoms with Gasteiger partial charge in [-0.25, -0.2) is 9.97 Å². The van der Waals surface area contributed by atoms with Gasteiger partial charge in [0.25, 0.3) is 0 Å². The summed E-state index contributed by atoms with van der Waals surface area (Å²) in [5.74, 6) is 0.712. The Balaban J connectivity index is 2.24. The maximum Gasteiger partial charge on any atom is 0.141 e. The van der Waals surface area contributed by atoms with Crippen LogP contribution in [-0.4, -0.2) is 9.97 Å². The second-order valence-corrected chi connectivity index (χ2v) is 5.15. The second-order valence-electron chi connectivity index (χ2n) is 3.76. The van der Waals surface area contributed by atoms with Crippen molar-refractivity contribution in [2.75, 3.05) is 0 Å². The third kappa shape index (κ3) is 1.92. The molecule has 0 N–H and O–H groups in total. The van der Waals surface area contributed by atoms with Gasteiger partial charge in [0.2, 0.25) is 0 Å². The summed E-state index contributed by atoms with van der Waals surface area (Å²) in [5, 5.41) is 1.46. The first-order valence-electron chi connectivity index (χ1n) is 5.23. The Bertz CT molecular complexity index is 676. The van der Waals surface area contributed by atoms with Crippen molar-refractivity contribution in [1.29, 1.82) is 0 Å². The number of hydrogen-bond donors (Lipinski definition) is 0. The highest BCUT2D eigenvalue weighted by Gasteiger charge is 2.09. The lowest BCUT2D eigenvalue weighted by molar-refractivity contribution is 1.10. The van der Waals surface area contributed by atoms with Crippen LogP contribution in [0.3, 0.4) is 0 Å². The fourth-order valence-electron chi connectivity index (χ4n) is 1.73. The third-order valence-corrected chi connectivity index (χ3v) is 3.88. The van der Waals surface area contributed by atoms with E-state index < -0.39 is 0 Å². The number of aryl methyl sites for hydroxylation is 1. The number of benzene rings is 1. The average Bonchev–Trinajstić information content (AvgIpc) is 2.74. The molecule has 2 heterocycles. The molecule has 0 unspecified atom stereocenters. The van der Waals surface area contributed by atoms with Gasteiger partial charge >= 0.3 is 0 Å². The normalized spacial score (nSPS) is 10.9.